The molecular weight excluding hydrogens is 251 g/mol. The van der Waals surface area contributed by atoms with Gasteiger partial charge in [0.2, 0.25) is 5.95 Å². The van der Waals surface area contributed by atoms with Gasteiger partial charge < -0.3 is 4.90 Å². The molecule has 2 rings (SSSR count). The summed E-state index contributed by atoms with van der Waals surface area (Å²) in [6.07, 6.45) is 0. The molecule has 1 aromatic heterocycles. The van der Waals surface area contributed by atoms with Gasteiger partial charge in [-0.1, -0.05) is 29.8 Å². The largest absolute Gasteiger partial charge is 0.353 e. The number of halogens is 2. The Morgan fingerprint density at radius 3 is 2.44 bits per heavy atom. The second kappa shape index (κ2) is 5.36. The molecule has 4 heteroatoms. The molecule has 1 aromatic carbocycles. The summed E-state index contributed by atoms with van der Waals surface area (Å²) in [7, 11) is 1.89. The van der Waals surface area contributed by atoms with Crippen molar-refractivity contribution in [3.63, 3.8) is 0 Å². The minimum absolute atomic E-state index is 0.0940. The van der Waals surface area contributed by atoms with Crippen molar-refractivity contribution in [2.45, 2.75) is 13.0 Å². The summed E-state index contributed by atoms with van der Waals surface area (Å²) in [5, 5.41) is 0.706. The van der Waals surface area contributed by atoms with E-state index in [2.05, 4.69) is 4.98 Å². The lowest BCUT2D eigenvalue weighted by atomic mass is 10.1. The van der Waals surface area contributed by atoms with Crippen LogP contribution in [0.1, 0.15) is 18.5 Å². The molecule has 2 aromatic rings. The smallest absolute Gasteiger partial charge is 0.214 e. The fourth-order valence-corrected chi connectivity index (χ4v) is 1.88. The van der Waals surface area contributed by atoms with Crippen LogP contribution in [0, 0.1) is 5.95 Å². The van der Waals surface area contributed by atoms with Crippen molar-refractivity contribution in [3.05, 3.63) is 59.0 Å². The normalized spacial score (nSPS) is 12.2. The van der Waals surface area contributed by atoms with Crippen LogP contribution in [0.4, 0.5) is 10.2 Å². The maximum Gasteiger partial charge on any atom is 0.214 e. The number of benzene rings is 1. The van der Waals surface area contributed by atoms with Crippen molar-refractivity contribution in [2.75, 3.05) is 11.9 Å². The van der Waals surface area contributed by atoms with E-state index in [1.807, 2.05) is 43.1 Å². The Labute approximate surface area is 111 Å². The lowest BCUT2D eigenvalue weighted by Crippen LogP contribution is -2.22. The standard InChI is InChI=1S/C14H14ClFN2/c1-10(11-6-8-12(15)9-7-11)18(2)14-5-3-4-13(16)17-14/h3-10H,1-2H3. The Morgan fingerprint density at radius 2 is 1.83 bits per heavy atom. The first-order valence-corrected chi connectivity index (χ1v) is 6.06. The molecule has 0 saturated carbocycles. The Bertz CT molecular complexity index is 528. The molecular formula is C14H14ClFN2. The molecule has 0 spiro atoms. The van der Waals surface area contributed by atoms with Crippen LogP contribution in [0.25, 0.3) is 0 Å². The quantitative estimate of drug-likeness (QED) is 0.777. The number of anilines is 1. The molecule has 94 valence electrons. The minimum atomic E-state index is -0.470. The van der Waals surface area contributed by atoms with Gasteiger partial charge in [-0.25, -0.2) is 4.98 Å². The molecule has 18 heavy (non-hydrogen) atoms. The SMILES string of the molecule is CC(c1ccc(Cl)cc1)N(C)c1cccc(F)n1. The minimum Gasteiger partial charge on any atom is -0.353 e. The molecule has 2 nitrogen and oxygen atoms in total. The second-order valence-corrected chi connectivity index (χ2v) is 4.59. The highest BCUT2D eigenvalue weighted by Crippen LogP contribution is 2.24. The molecule has 0 bridgehead atoms. The van der Waals surface area contributed by atoms with Gasteiger partial charge in [0.15, 0.2) is 0 Å². The molecule has 1 unspecified atom stereocenters. The first-order chi connectivity index (χ1) is 8.58. The van der Waals surface area contributed by atoms with E-state index in [9.17, 15) is 4.39 Å². The number of pyridine rings is 1. The van der Waals surface area contributed by atoms with E-state index in [0.717, 1.165) is 5.56 Å². The van der Waals surface area contributed by atoms with Gasteiger partial charge in [-0.05, 0) is 36.8 Å². The van der Waals surface area contributed by atoms with Gasteiger partial charge in [0.05, 0.1) is 6.04 Å². The van der Waals surface area contributed by atoms with Gasteiger partial charge >= 0.3 is 0 Å². The Hall–Kier alpha value is -1.61. The first kappa shape index (κ1) is 12.8. The molecule has 1 heterocycles. The number of rotatable bonds is 3. The Morgan fingerprint density at radius 1 is 1.17 bits per heavy atom. The van der Waals surface area contributed by atoms with Gasteiger partial charge in [0.1, 0.15) is 5.82 Å². The number of hydrogen-bond acceptors (Lipinski definition) is 2. The van der Waals surface area contributed by atoms with Gasteiger partial charge in [-0.2, -0.15) is 4.39 Å². The highest BCUT2D eigenvalue weighted by Gasteiger charge is 2.13. The maximum atomic E-state index is 13.1. The van der Waals surface area contributed by atoms with Crippen LogP contribution in [0.2, 0.25) is 5.02 Å². The molecule has 0 aliphatic rings. The van der Waals surface area contributed by atoms with Gasteiger partial charge in [0, 0.05) is 12.1 Å². The van der Waals surface area contributed by atoms with E-state index in [4.69, 9.17) is 11.6 Å². The first-order valence-electron chi connectivity index (χ1n) is 5.69. The van der Waals surface area contributed by atoms with Crippen molar-refractivity contribution in [2.24, 2.45) is 0 Å². The van der Waals surface area contributed by atoms with Gasteiger partial charge in [-0.15, -0.1) is 0 Å². The second-order valence-electron chi connectivity index (χ2n) is 4.16. The monoisotopic (exact) mass is 264 g/mol. The van der Waals surface area contributed by atoms with Crippen molar-refractivity contribution in [1.82, 2.24) is 4.98 Å². The third-order valence-corrected chi connectivity index (χ3v) is 3.25. The van der Waals surface area contributed by atoms with Crippen LogP contribution in [0.5, 0.6) is 0 Å². The summed E-state index contributed by atoms with van der Waals surface area (Å²) in [6.45, 7) is 2.04. The van der Waals surface area contributed by atoms with Crippen molar-refractivity contribution in [3.8, 4) is 0 Å². The van der Waals surface area contributed by atoms with Crippen LogP contribution in [-0.4, -0.2) is 12.0 Å². The van der Waals surface area contributed by atoms with E-state index in [-0.39, 0.29) is 6.04 Å². The average molecular weight is 265 g/mol. The Balaban J connectivity index is 2.23. The third-order valence-electron chi connectivity index (χ3n) is 3.00. The Kier molecular flexibility index (Phi) is 3.82. The number of nitrogens with zero attached hydrogens (tertiary/aromatic N) is 2. The summed E-state index contributed by atoms with van der Waals surface area (Å²) in [5.41, 5.74) is 1.10. The predicted molar refractivity (Wildman–Crippen MR) is 72.5 cm³/mol. The molecule has 0 aliphatic carbocycles. The number of hydrogen-bond donors (Lipinski definition) is 0. The van der Waals surface area contributed by atoms with E-state index < -0.39 is 5.95 Å². The fraction of sp³-hybridized carbons (Fsp3) is 0.214. The molecule has 0 radical (unpaired) electrons. The summed E-state index contributed by atoms with van der Waals surface area (Å²) in [4.78, 5) is 5.79. The molecule has 0 N–H and O–H groups in total. The van der Waals surface area contributed by atoms with Crippen LogP contribution < -0.4 is 4.90 Å². The van der Waals surface area contributed by atoms with E-state index in [1.165, 1.54) is 6.07 Å². The van der Waals surface area contributed by atoms with Crippen molar-refractivity contribution in [1.29, 1.82) is 0 Å². The lowest BCUT2D eigenvalue weighted by Gasteiger charge is -2.26. The zero-order valence-corrected chi connectivity index (χ0v) is 11.0. The summed E-state index contributed by atoms with van der Waals surface area (Å²) in [6, 6.07) is 12.5. The molecule has 0 fully saturated rings. The average Bonchev–Trinajstić information content (AvgIpc) is 2.38. The van der Waals surface area contributed by atoms with Crippen LogP contribution in [0.15, 0.2) is 42.5 Å². The van der Waals surface area contributed by atoms with E-state index in [0.29, 0.717) is 10.8 Å². The van der Waals surface area contributed by atoms with Gasteiger partial charge in [-0.3, -0.25) is 0 Å². The van der Waals surface area contributed by atoms with Gasteiger partial charge in [0.25, 0.3) is 0 Å². The highest BCUT2D eigenvalue weighted by molar-refractivity contribution is 6.30. The fourth-order valence-electron chi connectivity index (χ4n) is 1.76. The topological polar surface area (TPSA) is 16.1 Å². The molecule has 0 amide bonds. The maximum absolute atomic E-state index is 13.1. The number of aromatic nitrogens is 1. The van der Waals surface area contributed by atoms with Crippen LogP contribution >= 0.6 is 11.6 Å². The van der Waals surface area contributed by atoms with E-state index >= 15 is 0 Å². The van der Waals surface area contributed by atoms with E-state index in [1.54, 1.807) is 12.1 Å². The van der Waals surface area contributed by atoms with Crippen molar-refractivity contribution < 1.29 is 4.39 Å². The molecule has 1 atom stereocenters. The lowest BCUT2D eigenvalue weighted by molar-refractivity contribution is 0.579. The van der Waals surface area contributed by atoms with Crippen LogP contribution in [0.3, 0.4) is 0 Å². The zero-order chi connectivity index (χ0) is 13.1. The summed E-state index contributed by atoms with van der Waals surface area (Å²) < 4.78 is 13.1. The third kappa shape index (κ3) is 2.79. The zero-order valence-electron chi connectivity index (χ0n) is 10.3. The highest BCUT2D eigenvalue weighted by atomic mass is 35.5. The molecule has 0 saturated heterocycles. The predicted octanol–water partition coefficient (Wildman–Crippen LogP) is 4.07. The molecule has 0 aliphatic heterocycles. The summed E-state index contributed by atoms with van der Waals surface area (Å²) in [5.74, 6) is 0.139. The van der Waals surface area contributed by atoms with Crippen molar-refractivity contribution >= 4 is 17.4 Å². The van der Waals surface area contributed by atoms with Crippen LogP contribution in [-0.2, 0) is 0 Å². The summed E-state index contributed by atoms with van der Waals surface area (Å²) >= 11 is 5.86.